The molecule has 0 atom stereocenters. The van der Waals surface area contributed by atoms with Gasteiger partial charge < -0.3 is 15.6 Å². The van der Waals surface area contributed by atoms with Crippen LogP contribution in [0.2, 0.25) is 0 Å². The molecule has 0 radical (unpaired) electrons. The van der Waals surface area contributed by atoms with Crippen molar-refractivity contribution in [3.8, 4) is 0 Å². The Labute approximate surface area is 114 Å². The first-order chi connectivity index (χ1) is 9.31. The van der Waals surface area contributed by atoms with E-state index in [1.165, 1.54) is 32.5 Å². The molecule has 2 heterocycles. The van der Waals surface area contributed by atoms with Crippen molar-refractivity contribution >= 4 is 11.6 Å². The van der Waals surface area contributed by atoms with Gasteiger partial charge in [-0.25, -0.2) is 15.8 Å². The number of likely N-dealkylation sites (tertiary alicyclic amines) is 1. The van der Waals surface area contributed by atoms with E-state index in [9.17, 15) is 0 Å². The van der Waals surface area contributed by atoms with Gasteiger partial charge in [0.05, 0.1) is 0 Å². The Bertz CT molecular complexity index is 366. The fraction of sp³-hybridized carbons (Fsp3) is 0.692. The van der Waals surface area contributed by atoms with Crippen molar-refractivity contribution in [1.82, 2.24) is 14.9 Å². The Morgan fingerprint density at radius 1 is 1.26 bits per heavy atom. The highest BCUT2D eigenvalue weighted by Gasteiger charge is 2.10. The van der Waals surface area contributed by atoms with Gasteiger partial charge in [-0.3, -0.25) is 0 Å². The summed E-state index contributed by atoms with van der Waals surface area (Å²) in [6.45, 7) is 6.65. The van der Waals surface area contributed by atoms with E-state index in [0.717, 1.165) is 31.0 Å². The fourth-order valence-electron chi connectivity index (χ4n) is 2.35. The van der Waals surface area contributed by atoms with Crippen molar-refractivity contribution in [2.24, 2.45) is 5.84 Å². The minimum atomic E-state index is 0.661. The van der Waals surface area contributed by atoms with Gasteiger partial charge in [-0.05, 0) is 38.9 Å². The number of aryl methyl sites for hydroxylation is 1. The van der Waals surface area contributed by atoms with E-state index < -0.39 is 0 Å². The molecular weight excluding hydrogens is 240 g/mol. The van der Waals surface area contributed by atoms with E-state index in [4.69, 9.17) is 5.84 Å². The molecule has 19 heavy (non-hydrogen) atoms. The highest BCUT2D eigenvalue weighted by Crippen LogP contribution is 2.11. The van der Waals surface area contributed by atoms with Crippen molar-refractivity contribution in [2.75, 3.05) is 36.9 Å². The number of nitrogens with zero attached hydrogens (tertiary/aromatic N) is 3. The van der Waals surface area contributed by atoms with Crippen molar-refractivity contribution < 1.29 is 0 Å². The van der Waals surface area contributed by atoms with E-state index >= 15 is 0 Å². The van der Waals surface area contributed by atoms with Crippen LogP contribution >= 0.6 is 0 Å². The van der Waals surface area contributed by atoms with Crippen LogP contribution in [-0.2, 0) is 6.42 Å². The molecule has 1 aromatic heterocycles. The van der Waals surface area contributed by atoms with Gasteiger partial charge in [-0.1, -0.05) is 6.92 Å². The number of hydrogen-bond acceptors (Lipinski definition) is 6. The summed E-state index contributed by atoms with van der Waals surface area (Å²) in [6, 6.07) is 1.84. The van der Waals surface area contributed by atoms with Crippen LogP contribution in [0.5, 0.6) is 0 Å². The van der Waals surface area contributed by atoms with Crippen LogP contribution in [0.1, 0.15) is 32.0 Å². The molecule has 4 N–H and O–H groups in total. The molecular formula is C13H24N6. The number of rotatable bonds is 7. The minimum absolute atomic E-state index is 0.661. The van der Waals surface area contributed by atoms with Crippen LogP contribution in [0.3, 0.4) is 0 Å². The first-order valence-electron chi connectivity index (χ1n) is 7.12. The molecule has 1 aromatic rings. The number of hydrogen-bond donors (Lipinski definition) is 3. The van der Waals surface area contributed by atoms with Gasteiger partial charge in [0.15, 0.2) is 0 Å². The smallest absolute Gasteiger partial charge is 0.145 e. The van der Waals surface area contributed by atoms with Crippen LogP contribution in [0.25, 0.3) is 0 Å². The normalized spacial score (nSPS) is 15.7. The lowest BCUT2D eigenvalue weighted by Crippen LogP contribution is -2.22. The number of anilines is 2. The lowest BCUT2D eigenvalue weighted by molar-refractivity contribution is 0.337. The monoisotopic (exact) mass is 264 g/mol. The summed E-state index contributed by atoms with van der Waals surface area (Å²) in [5.74, 6) is 7.72. The van der Waals surface area contributed by atoms with Gasteiger partial charge in [0.25, 0.3) is 0 Å². The first-order valence-corrected chi connectivity index (χ1v) is 7.12. The van der Waals surface area contributed by atoms with E-state index in [-0.39, 0.29) is 0 Å². The number of nitrogen functional groups attached to an aromatic ring is 1. The lowest BCUT2D eigenvalue weighted by Gasteiger charge is -2.14. The van der Waals surface area contributed by atoms with Gasteiger partial charge in [-0.2, -0.15) is 0 Å². The molecule has 6 heteroatoms. The second-order valence-electron chi connectivity index (χ2n) is 4.88. The standard InChI is InChI=1S/C13H24N6/c1-2-11-16-12(10-13(17-11)18-14)15-6-5-9-19-7-3-4-8-19/h10H,2-9,14H2,1H3,(H2,15,16,17,18). The van der Waals surface area contributed by atoms with Crippen molar-refractivity contribution in [3.63, 3.8) is 0 Å². The van der Waals surface area contributed by atoms with Gasteiger partial charge in [0.1, 0.15) is 17.5 Å². The van der Waals surface area contributed by atoms with Crippen LogP contribution < -0.4 is 16.6 Å². The molecule has 2 rings (SSSR count). The maximum absolute atomic E-state index is 5.41. The van der Waals surface area contributed by atoms with Crippen LogP contribution in [0.15, 0.2) is 6.07 Å². The number of nitrogens with two attached hydrogens (primary N) is 1. The lowest BCUT2D eigenvalue weighted by atomic mass is 10.3. The third kappa shape index (κ3) is 4.33. The molecule has 0 unspecified atom stereocenters. The fourth-order valence-corrected chi connectivity index (χ4v) is 2.35. The predicted octanol–water partition coefficient (Wildman–Crippen LogP) is 1.22. The van der Waals surface area contributed by atoms with E-state index in [0.29, 0.717) is 5.82 Å². The average molecular weight is 264 g/mol. The molecule has 0 aliphatic carbocycles. The largest absolute Gasteiger partial charge is 0.370 e. The Morgan fingerprint density at radius 2 is 2.00 bits per heavy atom. The average Bonchev–Trinajstić information content (AvgIpc) is 2.96. The zero-order chi connectivity index (χ0) is 13.5. The van der Waals surface area contributed by atoms with Crippen LogP contribution in [0.4, 0.5) is 11.6 Å². The molecule has 0 spiro atoms. The minimum Gasteiger partial charge on any atom is -0.370 e. The molecule has 0 saturated carbocycles. The molecule has 1 saturated heterocycles. The Balaban J connectivity index is 1.77. The van der Waals surface area contributed by atoms with Crippen molar-refractivity contribution in [1.29, 1.82) is 0 Å². The van der Waals surface area contributed by atoms with Gasteiger partial charge in [-0.15, -0.1) is 0 Å². The third-order valence-corrected chi connectivity index (χ3v) is 3.39. The topological polar surface area (TPSA) is 79.1 Å². The maximum Gasteiger partial charge on any atom is 0.145 e. The van der Waals surface area contributed by atoms with Gasteiger partial charge in [0, 0.05) is 19.0 Å². The van der Waals surface area contributed by atoms with Crippen LogP contribution in [0, 0.1) is 0 Å². The van der Waals surface area contributed by atoms with Crippen molar-refractivity contribution in [3.05, 3.63) is 11.9 Å². The second-order valence-corrected chi connectivity index (χ2v) is 4.88. The summed E-state index contributed by atoms with van der Waals surface area (Å²) in [5.41, 5.74) is 2.58. The molecule has 6 nitrogen and oxygen atoms in total. The van der Waals surface area contributed by atoms with Gasteiger partial charge >= 0.3 is 0 Å². The molecule has 0 aromatic carbocycles. The van der Waals surface area contributed by atoms with Crippen molar-refractivity contribution in [2.45, 2.75) is 32.6 Å². The summed E-state index contributed by atoms with van der Waals surface area (Å²) in [7, 11) is 0. The Hall–Kier alpha value is -1.40. The molecule has 1 aliphatic heterocycles. The zero-order valence-electron chi connectivity index (χ0n) is 11.7. The molecule has 1 aliphatic rings. The highest BCUT2D eigenvalue weighted by molar-refractivity contribution is 5.46. The highest BCUT2D eigenvalue weighted by atomic mass is 15.3. The Kier molecular flexibility index (Phi) is 5.35. The molecule has 0 amide bonds. The quantitative estimate of drug-likeness (QED) is 0.390. The maximum atomic E-state index is 5.41. The van der Waals surface area contributed by atoms with E-state index in [1.54, 1.807) is 0 Å². The van der Waals surface area contributed by atoms with E-state index in [2.05, 4.69) is 25.6 Å². The van der Waals surface area contributed by atoms with Crippen LogP contribution in [-0.4, -0.2) is 41.0 Å². The summed E-state index contributed by atoms with van der Waals surface area (Å²) in [5, 5.41) is 3.34. The number of nitrogens with one attached hydrogen (secondary N) is 2. The molecule has 0 bridgehead atoms. The summed E-state index contributed by atoms with van der Waals surface area (Å²) in [6.07, 6.45) is 4.64. The first kappa shape index (κ1) is 14.0. The van der Waals surface area contributed by atoms with E-state index in [1.807, 2.05) is 13.0 Å². The Morgan fingerprint density at radius 3 is 2.68 bits per heavy atom. The second kappa shape index (κ2) is 7.25. The zero-order valence-corrected chi connectivity index (χ0v) is 11.7. The van der Waals surface area contributed by atoms with Gasteiger partial charge in [0.2, 0.25) is 0 Å². The molecule has 106 valence electrons. The SMILES string of the molecule is CCc1nc(NN)cc(NCCCN2CCCC2)n1. The number of aromatic nitrogens is 2. The summed E-state index contributed by atoms with van der Waals surface area (Å²) in [4.78, 5) is 11.2. The summed E-state index contributed by atoms with van der Waals surface area (Å²) >= 11 is 0. The predicted molar refractivity (Wildman–Crippen MR) is 78.0 cm³/mol. The third-order valence-electron chi connectivity index (χ3n) is 3.39. The molecule has 1 fully saturated rings. The summed E-state index contributed by atoms with van der Waals surface area (Å²) < 4.78 is 0. The number of hydrazine groups is 1.